The van der Waals surface area contributed by atoms with Gasteiger partial charge in [-0.3, -0.25) is 4.72 Å². The number of thiophene rings is 1. The standard InChI is InChI=1S/C14H16N2O3S2/c17-21(18,14-5-2-10-20-14)15-12-3-1-4-13(11-12)16-6-8-19-9-7-16/h1-5,10-11,15H,6-9H2. The van der Waals surface area contributed by atoms with E-state index in [1.807, 2.05) is 18.2 Å². The highest BCUT2D eigenvalue weighted by Crippen LogP contribution is 2.24. The van der Waals surface area contributed by atoms with E-state index in [-0.39, 0.29) is 0 Å². The summed E-state index contributed by atoms with van der Waals surface area (Å²) in [4.78, 5) is 2.19. The highest BCUT2D eigenvalue weighted by molar-refractivity contribution is 7.94. The van der Waals surface area contributed by atoms with Gasteiger partial charge >= 0.3 is 0 Å². The van der Waals surface area contributed by atoms with E-state index < -0.39 is 10.0 Å². The Kier molecular flexibility index (Phi) is 4.14. The Labute approximate surface area is 128 Å². The van der Waals surface area contributed by atoms with Crippen LogP contribution in [0.15, 0.2) is 46.0 Å². The Hall–Kier alpha value is -1.57. The maximum Gasteiger partial charge on any atom is 0.271 e. The fourth-order valence-electron chi connectivity index (χ4n) is 2.21. The van der Waals surface area contributed by atoms with Gasteiger partial charge in [-0.25, -0.2) is 8.42 Å². The predicted octanol–water partition coefficient (Wildman–Crippen LogP) is 2.39. The van der Waals surface area contributed by atoms with Crippen molar-refractivity contribution >= 4 is 32.7 Å². The van der Waals surface area contributed by atoms with E-state index in [1.54, 1.807) is 23.6 Å². The summed E-state index contributed by atoms with van der Waals surface area (Å²) in [6, 6.07) is 10.8. The Morgan fingerprint density at radius 2 is 1.95 bits per heavy atom. The number of hydrogen-bond donors (Lipinski definition) is 1. The van der Waals surface area contributed by atoms with Gasteiger partial charge < -0.3 is 9.64 Å². The van der Waals surface area contributed by atoms with Crippen molar-refractivity contribution in [2.45, 2.75) is 4.21 Å². The van der Waals surface area contributed by atoms with Crippen LogP contribution in [0, 0.1) is 0 Å². The van der Waals surface area contributed by atoms with Crippen LogP contribution in [0.2, 0.25) is 0 Å². The molecule has 0 atom stereocenters. The highest BCUT2D eigenvalue weighted by atomic mass is 32.2. The molecule has 2 aromatic rings. The molecule has 21 heavy (non-hydrogen) atoms. The van der Waals surface area contributed by atoms with Gasteiger partial charge in [-0.15, -0.1) is 11.3 Å². The number of nitrogens with one attached hydrogen (secondary N) is 1. The summed E-state index contributed by atoms with van der Waals surface area (Å²) in [5.74, 6) is 0. The SMILES string of the molecule is O=S(=O)(Nc1cccc(N2CCOCC2)c1)c1cccs1. The van der Waals surface area contributed by atoms with Gasteiger partial charge in [-0.2, -0.15) is 0 Å². The number of morpholine rings is 1. The van der Waals surface area contributed by atoms with Crippen molar-refractivity contribution in [1.82, 2.24) is 0 Å². The van der Waals surface area contributed by atoms with Crippen molar-refractivity contribution in [3.8, 4) is 0 Å². The molecule has 1 aromatic carbocycles. The van der Waals surface area contributed by atoms with Crippen LogP contribution in [-0.4, -0.2) is 34.7 Å². The fraction of sp³-hybridized carbons (Fsp3) is 0.286. The van der Waals surface area contributed by atoms with Crippen LogP contribution in [0.3, 0.4) is 0 Å². The van der Waals surface area contributed by atoms with Crippen LogP contribution in [0.4, 0.5) is 11.4 Å². The van der Waals surface area contributed by atoms with Gasteiger partial charge in [0, 0.05) is 18.8 Å². The van der Waals surface area contributed by atoms with E-state index in [0.717, 1.165) is 18.8 Å². The Morgan fingerprint density at radius 3 is 2.67 bits per heavy atom. The molecule has 1 saturated heterocycles. The van der Waals surface area contributed by atoms with E-state index in [2.05, 4.69) is 9.62 Å². The van der Waals surface area contributed by atoms with Gasteiger partial charge in [0.25, 0.3) is 10.0 Å². The maximum atomic E-state index is 12.2. The van der Waals surface area contributed by atoms with Crippen molar-refractivity contribution in [2.75, 3.05) is 35.9 Å². The lowest BCUT2D eigenvalue weighted by Crippen LogP contribution is -2.36. The molecule has 5 nitrogen and oxygen atoms in total. The lowest BCUT2D eigenvalue weighted by atomic mass is 10.2. The minimum atomic E-state index is -3.49. The Balaban J connectivity index is 1.80. The van der Waals surface area contributed by atoms with Gasteiger partial charge in [0.1, 0.15) is 4.21 Å². The number of nitrogens with zero attached hydrogens (tertiary/aromatic N) is 1. The molecular formula is C14H16N2O3S2. The quantitative estimate of drug-likeness (QED) is 0.938. The van der Waals surface area contributed by atoms with Crippen LogP contribution < -0.4 is 9.62 Å². The summed E-state index contributed by atoms with van der Waals surface area (Å²) in [6.45, 7) is 3.04. The molecule has 0 bridgehead atoms. The number of hydrogen-bond acceptors (Lipinski definition) is 5. The summed E-state index contributed by atoms with van der Waals surface area (Å²) in [7, 11) is -3.49. The molecule has 0 radical (unpaired) electrons. The second-order valence-electron chi connectivity index (χ2n) is 4.69. The van der Waals surface area contributed by atoms with E-state index >= 15 is 0 Å². The first-order chi connectivity index (χ1) is 10.1. The third-order valence-corrected chi connectivity index (χ3v) is 6.01. The fourth-order valence-corrected chi connectivity index (χ4v) is 4.25. The third kappa shape index (κ3) is 3.37. The van der Waals surface area contributed by atoms with Crippen molar-refractivity contribution in [1.29, 1.82) is 0 Å². The molecule has 2 heterocycles. The van der Waals surface area contributed by atoms with E-state index in [4.69, 9.17) is 4.74 Å². The van der Waals surface area contributed by atoms with Crippen LogP contribution in [0.5, 0.6) is 0 Å². The van der Waals surface area contributed by atoms with Gasteiger partial charge in [0.2, 0.25) is 0 Å². The minimum absolute atomic E-state index is 0.319. The van der Waals surface area contributed by atoms with Crippen molar-refractivity contribution in [3.05, 3.63) is 41.8 Å². The van der Waals surface area contributed by atoms with Crippen LogP contribution in [0.25, 0.3) is 0 Å². The maximum absolute atomic E-state index is 12.2. The molecule has 0 amide bonds. The van der Waals surface area contributed by atoms with Gasteiger partial charge in [-0.05, 0) is 29.6 Å². The largest absolute Gasteiger partial charge is 0.378 e. The summed E-state index contributed by atoms with van der Waals surface area (Å²) in [5, 5.41) is 1.75. The molecular weight excluding hydrogens is 308 g/mol. The van der Waals surface area contributed by atoms with Crippen LogP contribution in [0.1, 0.15) is 0 Å². The van der Waals surface area contributed by atoms with Crippen molar-refractivity contribution in [3.63, 3.8) is 0 Å². The number of sulfonamides is 1. The van der Waals surface area contributed by atoms with E-state index in [0.29, 0.717) is 23.1 Å². The normalized spacial score (nSPS) is 15.9. The zero-order valence-corrected chi connectivity index (χ0v) is 13.0. The second-order valence-corrected chi connectivity index (χ2v) is 7.54. The summed E-state index contributed by atoms with van der Waals surface area (Å²) >= 11 is 1.20. The van der Waals surface area contributed by atoms with E-state index in [1.165, 1.54) is 11.3 Å². The molecule has 0 aliphatic carbocycles. The van der Waals surface area contributed by atoms with Crippen LogP contribution >= 0.6 is 11.3 Å². The minimum Gasteiger partial charge on any atom is -0.378 e. The number of rotatable bonds is 4. The average Bonchev–Trinajstić information content (AvgIpc) is 3.03. The predicted molar refractivity (Wildman–Crippen MR) is 84.6 cm³/mol. The third-order valence-electron chi connectivity index (χ3n) is 3.23. The van der Waals surface area contributed by atoms with Gasteiger partial charge in [-0.1, -0.05) is 12.1 Å². The monoisotopic (exact) mass is 324 g/mol. The number of benzene rings is 1. The summed E-state index contributed by atoms with van der Waals surface area (Å²) < 4.78 is 32.7. The zero-order valence-electron chi connectivity index (χ0n) is 11.4. The molecule has 3 rings (SSSR count). The van der Waals surface area contributed by atoms with Crippen molar-refractivity contribution in [2.24, 2.45) is 0 Å². The average molecular weight is 324 g/mol. The topological polar surface area (TPSA) is 58.6 Å². The van der Waals surface area contributed by atoms with Crippen LogP contribution in [-0.2, 0) is 14.8 Å². The molecule has 0 saturated carbocycles. The van der Waals surface area contributed by atoms with Gasteiger partial charge in [0.15, 0.2) is 0 Å². The Bertz CT molecular complexity index is 693. The second kappa shape index (κ2) is 6.05. The summed E-state index contributed by atoms with van der Waals surface area (Å²) in [5.41, 5.74) is 1.58. The molecule has 0 unspecified atom stereocenters. The molecule has 1 fully saturated rings. The first kappa shape index (κ1) is 14.4. The highest BCUT2D eigenvalue weighted by Gasteiger charge is 2.16. The van der Waals surface area contributed by atoms with E-state index in [9.17, 15) is 8.42 Å². The summed E-state index contributed by atoms with van der Waals surface area (Å²) in [6.07, 6.45) is 0. The molecule has 7 heteroatoms. The van der Waals surface area contributed by atoms with Crippen molar-refractivity contribution < 1.29 is 13.2 Å². The molecule has 1 aliphatic rings. The number of anilines is 2. The lowest BCUT2D eigenvalue weighted by Gasteiger charge is -2.29. The lowest BCUT2D eigenvalue weighted by molar-refractivity contribution is 0.122. The zero-order chi connectivity index (χ0) is 14.7. The first-order valence-corrected chi connectivity index (χ1v) is 9.00. The molecule has 1 N–H and O–H groups in total. The Morgan fingerprint density at radius 1 is 1.14 bits per heavy atom. The number of ether oxygens (including phenoxy) is 1. The van der Waals surface area contributed by atoms with Gasteiger partial charge in [0.05, 0.1) is 18.9 Å². The first-order valence-electron chi connectivity index (χ1n) is 6.64. The smallest absolute Gasteiger partial charge is 0.271 e. The molecule has 0 spiro atoms. The molecule has 1 aromatic heterocycles. The molecule has 1 aliphatic heterocycles. The molecule has 112 valence electrons.